The maximum atomic E-state index is 12.6. The van der Waals surface area contributed by atoms with Crippen LogP contribution in [0.5, 0.6) is 0 Å². The quantitative estimate of drug-likeness (QED) is 0.880. The second kappa shape index (κ2) is 7.68. The average Bonchev–Trinajstić information content (AvgIpc) is 2.94. The summed E-state index contributed by atoms with van der Waals surface area (Å²) in [5.41, 5.74) is 1.12. The van der Waals surface area contributed by atoms with Crippen molar-refractivity contribution < 1.29 is 14.4 Å². The van der Waals surface area contributed by atoms with E-state index >= 15 is 0 Å². The number of hydrogen-bond donors (Lipinski definition) is 2. The molecule has 0 spiro atoms. The molecule has 1 aromatic rings. The van der Waals surface area contributed by atoms with Crippen LogP contribution in [0.2, 0.25) is 0 Å². The van der Waals surface area contributed by atoms with Crippen LogP contribution < -0.4 is 10.6 Å². The molecule has 0 bridgehead atoms. The second-order valence-electron chi connectivity index (χ2n) is 7.73. The zero-order valence-electron chi connectivity index (χ0n) is 15.4. The van der Waals surface area contributed by atoms with Gasteiger partial charge in [-0.25, -0.2) is 0 Å². The van der Waals surface area contributed by atoms with Crippen molar-refractivity contribution in [3.63, 3.8) is 0 Å². The lowest BCUT2D eigenvalue weighted by atomic mass is 9.91. The highest BCUT2D eigenvalue weighted by atomic mass is 16.2. The van der Waals surface area contributed by atoms with E-state index in [1.807, 2.05) is 20.8 Å². The highest BCUT2D eigenvalue weighted by Crippen LogP contribution is 2.26. The third kappa shape index (κ3) is 5.59. The van der Waals surface area contributed by atoms with Crippen molar-refractivity contribution in [1.82, 2.24) is 4.90 Å². The Morgan fingerprint density at radius 3 is 2.40 bits per heavy atom. The van der Waals surface area contributed by atoms with E-state index in [4.69, 9.17) is 0 Å². The number of hydrogen-bond acceptors (Lipinski definition) is 3. The minimum absolute atomic E-state index is 0.0251. The summed E-state index contributed by atoms with van der Waals surface area (Å²) in [6.45, 7) is 8.11. The standard InChI is InChI=1S/C19H27N3O3/c1-13(23)20-14-7-5-8-15(11-14)21-18(25)16-9-6-10-22(16)17(24)12-19(2,3)4/h5,7-8,11,16H,6,9-10,12H2,1-4H3,(H,20,23)(H,21,25). The van der Waals surface area contributed by atoms with Gasteiger partial charge >= 0.3 is 0 Å². The first-order chi connectivity index (χ1) is 11.7. The molecule has 25 heavy (non-hydrogen) atoms. The Bertz CT molecular complexity index is 664. The molecule has 0 radical (unpaired) electrons. The highest BCUT2D eigenvalue weighted by Gasteiger charge is 2.35. The zero-order valence-corrected chi connectivity index (χ0v) is 15.4. The van der Waals surface area contributed by atoms with Crippen LogP contribution in [0.3, 0.4) is 0 Å². The van der Waals surface area contributed by atoms with Crippen molar-refractivity contribution in [2.75, 3.05) is 17.2 Å². The molecular formula is C19H27N3O3. The lowest BCUT2D eigenvalue weighted by molar-refractivity contribution is -0.138. The van der Waals surface area contributed by atoms with Gasteiger partial charge in [-0.2, -0.15) is 0 Å². The van der Waals surface area contributed by atoms with E-state index in [1.165, 1.54) is 6.92 Å². The minimum Gasteiger partial charge on any atom is -0.331 e. The number of benzene rings is 1. The van der Waals surface area contributed by atoms with Gasteiger partial charge in [0.25, 0.3) is 0 Å². The van der Waals surface area contributed by atoms with E-state index in [2.05, 4.69) is 10.6 Å². The lowest BCUT2D eigenvalue weighted by Gasteiger charge is -2.27. The molecule has 1 heterocycles. The molecule has 0 aliphatic carbocycles. The summed E-state index contributed by atoms with van der Waals surface area (Å²) < 4.78 is 0. The van der Waals surface area contributed by atoms with Crippen molar-refractivity contribution in [3.8, 4) is 0 Å². The summed E-state index contributed by atoms with van der Waals surface area (Å²) in [7, 11) is 0. The molecule has 1 saturated heterocycles. The van der Waals surface area contributed by atoms with Crippen molar-refractivity contribution in [2.45, 2.75) is 53.0 Å². The molecule has 2 N–H and O–H groups in total. The van der Waals surface area contributed by atoms with Crippen molar-refractivity contribution >= 4 is 29.1 Å². The Morgan fingerprint density at radius 2 is 1.80 bits per heavy atom. The summed E-state index contributed by atoms with van der Waals surface area (Å²) in [6, 6.07) is 6.55. The lowest BCUT2D eigenvalue weighted by Crippen LogP contribution is -2.44. The number of nitrogens with one attached hydrogen (secondary N) is 2. The Labute approximate surface area is 149 Å². The molecule has 6 nitrogen and oxygen atoms in total. The Kier molecular flexibility index (Phi) is 5.82. The van der Waals surface area contributed by atoms with Crippen LogP contribution in [0, 0.1) is 5.41 Å². The predicted octanol–water partition coefficient (Wildman–Crippen LogP) is 3.01. The number of anilines is 2. The minimum atomic E-state index is -0.431. The Hall–Kier alpha value is -2.37. The van der Waals surface area contributed by atoms with Gasteiger partial charge in [0.15, 0.2) is 0 Å². The Balaban J connectivity index is 2.04. The number of rotatable bonds is 4. The molecule has 1 fully saturated rings. The molecule has 2 rings (SSSR count). The summed E-state index contributed by atoms with van der Waals surface area (Å²) >= 11 is 0. The fraction of sp³-hybridized carbons (Fsp3) is 0.526. The average molecular weight is 345 g/mol. The van der Waals surface area contributed by atoms with Crippen molar-refractivity contribution in [3.05, 3.63) is 24.3 Å². The molecule has 136 valence electrons. The maximum absolute atomic E-state index is 12.6. The molecule has 0 saturated carbocycles. The van der Waals surface area contributed by atoms with Crippen LogP contribution in [0.25, 0.3) is 0 Å². The van der Waals surface area contributed by atoms with Crippen LogP contribution in [0.15, 0.2) is 24.3 Å². The number of nitrogens with zero attached hydrogens (tertiary/aromatic N) is 1. The van der Waals surface area contributed by atoms with E-state index < -0.39 is 6.04 Å². The van der Waals surface area contributed by atoms with Gasteiger partial charge in [-0.15, -0.1) is 0 Å². The van der Waals surface area contributed by atoms with Crippen LogP contribution in [0.4, 0.5) is 11.4 Å². The van der Waals surface area contributed by atoms with Crippen LogP contribution in [-0.4, -0.2) is 35.2 Å². The molecular weight excluding hydrogens is 318 g/mol. The highest BCUT2D eigenvalue weighted by molar-refractivity contribution is 5.98. The van der Waals surface area contributed by atoms with Crippen molar-refractivity contribution in [1.29, 1.82) is 0 Å². The van der Waals surface area contributed by atoms with Gasteiger partial charge in [0.1, 0.15) is 6.04 Å². The van der Waals surface area contributed by atoms with Gasteiger partial charge < -0.3 is 15.5 Å². The van der Waals surface area contributed by atoms with Gasteiger partial charge in [-0.05, 0) is 36.5 Å². The molecule has 3 amide bonds. The van der Waals surface area contributed by atoms with Gasteiger partial charge in [0, 0.05) is 31.3 Å². The molecule has 0 aromatic heterocycles. The summed E-state index contributed by atoms with van der Waals surface area (Å²) in [5, 5.41) is 5.55. The smallest absolute Gasteiger partial charge is 0.247 e. The van der Waals surface area contributed by atoms with Crippen LogP contribution in [-0.2, 0) is 14.4 Å². The Morgan fingerprint density at radius 1 is 1.16 bits per heavy atom. The van der Waals surface area contributed by atoms with Gasteiger partial charge in [-0.3, -0.25) is 14.4 Å². The number of carbonyl (C=O) groups is 3. The molecule has 6 heteroatoms. The van der Waals surface area contributed by atoms with E-state index in [-0.39, 0.29) is 23.1 Å². The van der Waals surface area contributed by atoms with Gasteiger partial charge in [-0.1, -0.05) is 26.8 Å². The van der Waals surface area contributed by atoms with E-state index in [0.29, 0.717) is 30.8 Å². The topological polar surface area (TPSA) is 78.5 Å². The normalized spacial score (nSPS) is 17.3. The number of amides is 3. The zero-order chi connectivity index (χ0) is 18.6. The summed E-state index contributed by atoms with van der Waals surface area (Å²) in [5.74, 6) is -0.324. The number of likely N-dealkylation sites (tertiary alicyclic amines) is 1. The first-order valence-electron chi connectivity index (χ1n) is 8.64. The van der Waals surface area contributed by atoms with Gasteiger partial charge in [0.05, 0.1) is 0 Å². The largest absolute Gasteiger partial charge is 0.331 e. The number of carbonyl (C=O) groups excluding carboxylic acids is 3. The monoisotopic (exact) mass is 345 g/mol. The molecule has 1 aliphatic rings. The molecule has 1 unspecified atom stereocenters. The van der Waals surface area contributed by atoms with E-state index in [9.17, 15) is 14.4 Å². The van der Waals surface area contributed by atoms with Crippen LogP contribution in [0.1, 0.15) is 47.0 Å². The fourth-order valence-electron chi connectivity index (χ4n) is 3.00. The second-order valence-corrected chi connectivity index (χ2v) is 7.73. The van der Waals surface area contributed by atoms with E-state index in [0.717, 1.165) is 6.42 Å². The molecule has 1 atom stereocenters. The molecule has 1 aliphatic heterocycles. The fourth-order valence-corrected chi connectivity index (χ4v) is 3.00. The van der Waals surface area contributed by atoms with Gasteiger partial charge in [0.2, 0.25) is 17.7 Å². The maximum Gasteiger partial charge on any atom is 0.247 e. The summed E-state index contributed by atoms with van der Waals surface area (Å²) in [6.07, 6.45) is 1.93. The van der Waals surface area contributed by atoms with Crippen molar-refractivity contribution in [2.24, 2.45) is 5.41 Å². The van der Waals surface area contributed by atoms with E-state index in [1.54, 1.807) is 29.2 Å². The third-order valence-corrected chi connectivity index (χ3v) is 4.01. The predicted molar refractivity (Wildman–Crippen MR) is 98.2 cm³/mol. The summed E-state index contributed by atoms with van der Waals surface area (Å²) in [4.78, 5) is 38.0. The first-order valence-corrected chi connectivity index (χ1v) is 8.64. The SMILES string of the molecule is CC(=O)Nc1cccc(NC(=O)C2CCCN2C(=O)CC(C)(C)C)c1. The molecule has 1 aromatic carbocycles. The first kappa shape index (κ1) is 19.0. The van der Waals surface area contributed by atoms with Crippen LogP contribution >= 0.6 is 0 Å². The third-order valence-electron chi connectivity index (χ3n) is 4.01.